The van der Waals surface area contributed by atoms with Crippen molar-refractivity contribution in [2.24, 2.45) is 11.8 Å². The lowest BCUT2D eigenvalue weighted by Gasteiger charge is -2.07. The highest BCUT2D eigenvalue weighted by Crippen LogP contribution is 2.50. The van der Waals surface area contributed by atoms with Crippen LogP contribution in [0.25, 0.3) is 0 Å². The summed E-state index contributed by atoms with van der Waals surface area (Å²) in [6.45, 7) is 0.943. The maximum atomic E-state index is 10.1. The second-order valence-corrected chi connectivity index (χ2v) is 3.55. The van der Waals surface area contributed by atoms with Gasteiger partial charge in [-0.25, -0.2) is 0 Å². The molecule has 0 aromatic carbocycles. The Bertz CT molecular complexity index is 144. The average molecular weight is 154 g/mol. The third-order valence-electron chi connectivity index (χ3n) is 2.86. The summed E-state index contributed by atoms with van der Waals surface area (Å²) in [5, 5.41) is 0. The number of carbonyl (C=O) groups excluding carboxylic acids is 1. The van der Waals surface area contributed by atoms with Gasteiger partial charge in [0.15, 0.2) is 0 Å². The van der Waals surface area contributed by atoms with Gasteiger partial charge < -0.3 is 9.53 Å². The SMILES string of the molecule is O=CCCC1[C@H]2CCCO[C@@H]12. The van der Waals surface area contributed by atoms with Gasteiger partial charge in [0.05, 0.1) is 6.10 Å². The van der Waals surface area contributed by atoms with Gasteiger partial charge in [0, 0.05) is 13.0 Å². The van der Waals surface area contributed by atoms with E-state index in [0.29, 0.717) is 6.10 Å². The van der Waals surface area contributed by atoms with Gasteiger partial charge in [-0.3, -0.25) is 0 Å². The van der Waals surface area contributed by atoms with Crippen molar-refractivity contribution in [3.8, 4) is 0 Å². The maximum absolute atomic E-state index is 10.1. The zero-order valence-corrected chi connectivity index (χ0v) is 6.66. The Hall–Kier alpha value is -0.370. The molecule has 2 aliphatic rings. The molecule has 62 valence electrons. The van der Waals surface area contributed by atoms with Gasteiger partial charge in [-0.05, 0) is 31.1 Å². The molecule has 2 rings (SSSR count). The standard InChI is InChI=1S/C9H14O2/c10-5-1-3-7-8-4-2-6-11-9(7)8/h5,7-9H,1-4,6H2/t7?,8-,9+/m1/s1. The highest BCUT2D eigenvalue weighted by atomic mass is 16.5. The molecule has 2 fully saturated rings. The topological polar surface area (TPSA) is 26.3 Å². The molecule has 2 heteroatoms. The molecular formula is C9H14O2. The van der Waals surface area contributed by atoms with Crippen LogP contribution in [-0.2, 0) is 9.53 Å². The minimum atomic E-state index is 0.531. The molecule has 1 saturated heterocycles. The zero-order valence-electron chi connectivity index (χ0n) is 6.66. The van der Waals surface area contributed by atoms with E-state index in [1.54, 1.807) is 0 Å². The summed E-state index contributed by atoms with van der Waals surface area (Å²) in [6.07, 6.45) is 5.88. The molecular weight excluding hydrogens is 140 g/mol. The molecule has 1 heterocycles. The van der Waals surface area contributed by atoms with Crippen LogP contribution in [0.4, 0.5) is 0 Å². The van der Waals surface area contributed by atoms with Gasteiger partial charge in [0.25, 0.3) is 0 Å². The lowest BCUT2D eigenvalue weighted by molar-refractivity contribution is -0.108. The molecule has 0 bridgehead atoms. The summed E-state index contributed by atoms with van der Waals surface area (Å²) in [5.74, 6) is 1.53. The predicted octanol–water partition coefficient (Wildman–Crippen LogP) is 1.39. The van der Waals surface area contributed by atoms with Crippen LogP contribution in [0.2, 0.25) is 0 Å². The molecule has 1 aliphatic carbocycles. The normalized spacial score (nSPS) is 41.3. The molecule has 0 aromatic heterocycles. The highest BCUT2D eigenvalue weighted by Gasteiger charge is 2.51. The van der Waals surface area contributed by atoms with Gasteiger partial charge in [-0.1, -0.05) is 0 Å². The number of fused-ring (bicyclic) bond motifs is 1. The fourth-order valence-electron chi connectivity index (χ4n) is 2.21. The van der Waals surface area contributed by atoms with Crippen molar-refractivity contribution in [2.45, 2.75) is 31.8 Å². The third kappa shape index (κ3) is 1.32. The Labute approximate surface area is 66.9 Å². The first-order valence-electron chi connectivity index (χ1n) is 4.48. The molecule has 3 atom stereocenters. The Morgan fingerprint density at radius 2 is 2.45 bits per heavy atom. The number of aldehydes is 1. The van der Waals surface area contributed by atoms with E-state index < -0.39 is 0 Å². The molecule has 0 spiro atoms. The average Bonchev–Trinajstić information content (AvgIpc) is 2.75. The quantitative estimate of drug-likeness (QED) is 0.574. The van der Waals surface area contributed by atoms with E-state index in [2.05, 4.69) is 0 Å². The monoisotopic (exact) mass is 154 g/mol. The Kier molecular flexibility index (Phi) is 1.95. The van der Waals surface area contributed by atoms with Crippen molar-refractivity contribution in [3.63, 3.8) is 0 Å². The van der Waals surface area contributed by atoms with E-state index in [9.17, 15) is 4.79 Å². The van der Waals surface area contributed by atoms with Crippen LogP contribution >= 0.6 is 0 Å². The third-order valence-corrected chi connectivity index (χ3v) is 2.86. The van der Waals surface area contributed by atoms with E-state index in [0.717, 1.165) is 37.6 Å². The first-order chi connectivity index (χ1) is 5.43. The number of rotatable bonds is 3. The number of hydrogen-bond donors (Lipinski definition) is 0. The summed E-state index contributed by atoms with van der Waals surface area (Å²) in [6, 6.07) is 0. The number of carbonyl (C=O) groups is 1. The number of hydrogen-bond acceptors (Lipinski definition) is 2. The van der Waals surface area contributed by atoms with E-state index >= 15 is 0 Å². The fourth-order valence-corrected chi connectivity index (χ4v) is 2.21. The Balaban J connectivity index is 1.76. The first kappa shape index (κ1) is 7.29. The lowest BCUT2D eigenvalue weighted by Crippen LogP contribution is -2.05. The maximum Gasteiger partial charge on any atom is 0.120 e. The molecule has 0 radical (unpaired) electrons. The van der Waals surface area contributed by atoms with E-state index in [-0.39, 0.29) is 0 Å². The van der Waals surface area contributed by atoms with Crippen LogP contribution in [0.5, 0.6) is 0 Å². The minimum Gasteiger partial charge on any atom is -0.378 e. The fraction of sp³-hybridized carbons (Fsp3) is 0.889. The largest absolute Gasteiger partial charge is 0.378 e. The van der Waals surface area contributed by atoms with Crippen LogP contribution in [-0.4, -0.2) is 19.0 Å². The Morgan fingerprint density at radius 3 is 3.09 bits per heavy atom. The highest BCUT2D eigenvalue weighted by molar-refractivity contribution is 5.49. The molecule has 1 saturated carbocycles. The van der Waals surface area contributed by atoms with Crippen LogP contribution in [0.1, 0.15) is 25.7 Å². The van der Waals surface area contributed by atoms with Crippen LogP contribution < -0.4 is 0 Å². The lowest BCUT2D eigenvalue weighted by atomic mass is 10.1. The summed E-state index contributed by atoms with van der Waals surface area (Å²) in [7, 11) is 0. The zero-order chi connectivity index (χ0) is 7.68. The van der Waals surface area contributed by atoms with Crippen LogP contribution in [0.3, 0.4) is 0 Å². The summed E-state index contributed by atoms with van der Waals surface area (Å²) in [4.78, 5) is 10.1. The van der Waals surface area contributed by atoms with Crippen molar-refractivity contribution in [3.05, 3.63) is 0 Å². The van der Waals surface area contributed by atoms with Crippen molar-refractivity contribution in [1.29, 1.82) is 0 Å². The summed E-state index contributed by atoms with van der Waals surface area (Å²) >= 11 is 0. The molecule has 2 nitrogen and oxygen atoms in total. The molecule has 11 heavy (non-hydrogen) atoms. The second-order valence-electron chi connectivity index (χ2n) is 3.55. The van der Waals surface area contributed by atoms with Gasteiger partial charge >= 0.3 is 0 Å². The van der Waals surface area contributed by atoms with Crippen molar-refractivity contribution in [1.82, 2.24) is 0 Å². The smallest absolute Gasteiger partial charge is 0.120 e. The summed E-state index contributed by atoms with van der Waals surface area (Å²) < 4.78 is 5.55. The van der Waals surface area contributed by atoms with E-state index in [1.807, 2.05) is 0 Å². The van der Waals surface area contributed by atoms with Crippen LogP contribution in [0.15, 0.2) is 0 Å². The second kappa shape index (κ2) is 2.94. The first-order valence-corrected chi connectivity index (χ1v) is 4.48. The van der Waals surface area contributed by atoms with Gasteiger partial charge in [0.2, 0.25) is 0 Å². The van der Waals surface area contributed by atoms with Crippen molar-refractivity contribution in [2.75, 3.05) is 6.61 Å². The van der Waals surface area contributed by atoms with Gasteiger partial charge in [-0.2, -0.15) is 0 Å². The molecule has 1 unspecified atom stereocenters. The summed E-state index contributed by atoms with van der Waals surface area (Å²) in [5.41, 5.74) is 0. The van der Waals surface area contributed by atoms with E-state index in [4.69, 9.17) is 4.74 Å². The van der Waals surface area contributed by atoms with Crippen LogP contribution in [0, 0.1) is 11.8 Å². The Morgan fingerprint density at radius 1 is 1.55 bits per heavy atom. The van der Waals surface area contributed by atoms with Crippen molar-refractivity contribution < 1.29 is 9.53 Å². The van der Waals surface area contributed by atoms with Crippen molar-refractivity contribution >= 4 is 6.29 Å². The molecule has 1 aliphatic heterocycles. The van der Waals surface area contributed by atoms with E-state index in [1.165, 1.54) is 12.8 Å². The van der Waals surface area contributed by atoms with Gasteiger partial charge in [0.1, 0.15) is 6.29 Å². The minimum absolute atomic E-state index is 0.531. The predicted molar refractivity (Wildman–Crippen MR) is 41.3 cm³/mol. The molecule has 0 amide bonds. The van der Waals surface area contributed by atoms with Gasteiger partial charge in [-0.15, -0.1) is 0 Å². The number of ether oxygens (including phenoxy) is 1. The molecule has 0 aromatic rings. The molecule has 0 N–H and O–H groups in total.